The summed E-state index contributed by atoms with van der Waals surface area (Å²) >= 11 is 5.78. The van der Waals surface area contributed by atoms with Gasteiger partial charge in [-0.3, -0.25) is 4.79 Å². The van der Waals surface area contributed by atoms with Crippen LogP contribution in [-0.4, -0.2) is 14.3 Å². The van der Waals surface area contributed by atoms with Gasteiger partial charge in [-0.15, -0.1) is 0 Å². The first-order chi connectivity index (χ1) is 13.7. The number of halogens is 3. The van der Waals surface area contributed by atoms with Crippen molar-refractivity contribution >= 4 is 33.2 Å². The third-order valence-electron chi connectivity index (χ3n) is 3.97. The summed E-state index contributed by atoms with van der Waals surface area (Å²) in [4.78, 5) is 12.1. The highest BCUT2D eigenvalue weighted by molar-refractivity contribution is 7.89. The van der Waals surface area contributed by atoms with Crippen LogP contribution < -0.4 is 10.0 Å². The molecule has 0 aromatic heterocycles. The van der Waals surface area contributed by atoms with Crippen LogP contribution in [0.5, 0.6) is 0 Å². The van der Waals surface area contributed by atoms with Crippen LogP contribution in [0.15, 0.2) is 71.6 Å². The van der Waals surface area contributed by atoms with Gasteiger partial charge in [0.2, 0.25) is 10.0 Å². The molecule has 0 spiro atoms. The van der Waals surface area contributed by atoms with Gasteiger partial charge in [0.1, 0.15) is 11.6 Å². The van der Waals surface area contributed by atoms with Gasteiger partial charge in [-0.1, -0.05) is 23.7 Å². The molecule has 0 bridgehead atoms. The third-order valence-corrected chi connectivity index (χ3v) is 5.63. The molecule has 3 aromatic rings. The number of sulfonamides is 1. The molecule has 0 atom stereocenters. The maximum absolute atomic E-state index is 14.1. The van der Waals surface area contributed by atoms with Crippen LogP contribution in [0, 0.1) is 11.6 Å². The number of nitrogens with one attached hydrogen (secondary N) is 2. The molecule has 0 fully saturated rings. The van der Waals surface area contributed by atoms with E-state index in [0.29, 0.717) is 16.3 Å². The summed E-state index contributed by atoms with van der Waals surface area (Å²) in [5.41, 5.74) is 0.490. The van der Waals surface area contributed by atoms with Crippen LogP contribution in [0.3, 0.4) is 0 Å². The normalized spacial score (nSPS) is 11.3. The summed E-state index contributed by atoms with van der Waals surface area (Å²) < 4.78 is 54.4. The lowest BCUT2D eigenvalue weighted by Crippen LogP contribution is -2.24. The number of amides is 1. The van der Waals surface area contributed by atoms with Crippen LogP contribution in [0.25, 0.3) is 0 Å². The molecule has 3 aromatic carbocycles. The second-order valence-corrected chi connectivity index (χ2v) is 8.26. The van der Waals surface area contributed by atoms with Gasteiger partial charge in [-0.2, -0.15) is 0 Å². The van der Waals surface area contributed by atoms with Gasteiger partial charge in [0.05, 0.1) is 10.5 Å². The molecule has 9 heteroatoms. The van der Waals surface area contributed by atoms with Gasteiger partial charge in [0.25, 0.3) is 5.91 Å². The van der Waals surface area contributed by atoms with E-state index in [9.17, 15) is 22.0 Å². The zero-order valence-corrected chi connectivity index (χ0v) is 16.4. The van der Waals surface area contributed by atoms with Crippen molar-refractivity contribution in [3.05, 3.63) is 94.5 Å². The molecule has 0 aliphatic rings. The largest absolute Gasteiger partial charge is 0.322 e. The lowest BCUT2D eigenvalue weighted by atomic mass is 10.2. The fourth-order valence-corrected chi connectivity index (χ4v) is 3.61. The molecule has 3 rings (SSSR count). The monoisotopic (exact) mass is 436 g/mol. The molecule has 0 saturated heterocycles. The van der Waals surface area contributed by atoms with Gasteiger partial charge in [-0.05, 0) is 60.2 Å². The minimum atomic E-state index is -4.03. The van der Waals surface area contributed by atoms with Gasteiger partial charge in [-0.25, -0.2) is 21.9 Å². The number of benzene rings is 3. The molecule has 150 valence electrons. The molecule has 0 aliphatic heterocycles. The van der Waals surface area contributed by atoms with E-state index in [1.54, 1.807) is 12.1 Å². The van der Waals surface area contributed by atoms with Crippen molar-refractivity contribution in [3.63, 3.8) is 0 Å². The number of hydrogen-bond acceptors (Lipinski definition) is 3. The smallest absolute Gasteiger partial charge is 0.258 e. The van der Waals surface area contributed by atoms with E-state index < -0.39 is 33.1 Å². The van der Waals surface area contributed by atoms with Crippen LogP contribution in [0.1, 0.15) is 15.9 Å². The SMILES string of the molecule is O=C(Nc1ccc(Cl)cc1)c1cc(S(=O)(=O)NCc2ccc(F)cc2)ccc1F. The van der Waals surface area contributed by atoms with Gasteiger partial charge >= 0.3 is 0 Å². The first-order valence-electron chi connectivity index (χ1n) is 8.35. The molecule has 2 N–H and O–H groups in total. The molecule has 5 nitrogen and oxygen atoms in total. The molecule has 0 unspecified atom stereocenters. The molecule has 0 aliphatic carbocycles. The Kier molecular flexibility index (Phi) is 6.26. The highest BCUT2D eigenvalue weighted by Gasteiger charge is 2.19. The molecule has 0 saturated carbocycles. The van der Waals surface area contributed by atoms with Crippen molar-refractivity contribution in [1.29, 1.82) is 0 Å². The maximum Gasteiger partial charge on any atom is 0.258 e. The second kappa shape index (κ2) is 8.69. The molecule has 1 amide bonds. The first kappa shape index (κ1) is 20.9. The maximum atomic E-state index is 14.1. The van der Waals surface area contributed by atoms with Crippen LogP contribution in [0.4, 0.5) is 14.5 Å². The average Bonchev–Trinajstić information content (AvgIpc) is 2.69. The molecular weight excluding hydrogens is 422 g/mol. The Morgan fingerprint density at radius 1 is 0.931 bits per heavy atom. The summed E-state index contributed by atoms with van der Waals surface area (Å²) in [6.07, 6.45) is 0. The fraction of sp³-hybridized carbons (Fsp3) is 0.0500. The Bertz CT molecular complexity index is 1140. The third kappa shape index (κ3) is 5.38. The predicted molar refractivity (Wildman–Crippen MR) is 106 cm³/mol. The zero-order chi connectivity index (χ0) is 21.0. The first-order valence-corrected chi connectivity index (χ1v) is 10.2. The Morgan fingerprint density at radius 2 is 1.59 bits per heavy atom. The van der Waals surface area contributed by atoms with E-state index in [1.807, 2.05) is 0 Å². The van der Waals surface area contributed by atoms with Gasteiger partial charge in [0.15, 0.2) is 0 Å². The van der Waals surface area contributed by atoms with Gasteiger partial charge < -0.3 is 5.32 Å². The second-order valence-electron chi connectivity index (χ2n) is 6.05. The Labute approximate surface area is 171 Å². The van der Waals surface area contributed by atoms with E-state index in [0.717, 1.165) is 18.2 Å². The summed E-state index contributed by atoms with van der Waals surface area (Å²) in [6.45, 7) is -0.0910. The lowest BCUT2D eigenvalue weighted by molar-refractivity contribution is 0.102. The van der Waals surface area contributed by atoms with Crippen molar-refractivity contribution in [2.24, 2.45) is 0 Å². The number of rotatable bonds is 6. The summed E-state index contributed by atoms with van der Waals surface area (Å²) in [7, 11) is -4.03. The van der Waals surface area contributed by atoms with Crippen molar-refractivity contribution in [3.8, 4) is 0 Å². The van der Waals surface area contributed by atoms with Crippen molar-refractivity contribution in [2.75, 3.05) is 5.32 Å². The Morgan fingerprint density at radius 3 is 2.24 bits per heavy atom. The van der Waals surface area contributed by atoms with Gasteiger partial charge in [0, 0.05) is 17.3 Å². The highest BCUT2D eigenvalue weighted by atomic mass is 35.5. The van der Waals surface area contributed by atoms with E-state index in [2.05, 4.69) is 10.0 Å². The lowest BCUT2D eigenvalue weighted by Gasteiger charge is -2.10. The quantitative estimate of drug-likeness (QED) is 0.603. The molecule has 0 radical (unpaired) electrons. The van der Waals surface area contributed by atoms with Crippen LogP contribution in [-0.2, 0) is 16.6 Å². The van der Waals surface area contributed by atoms with Crippen molar-refractivity contribution in [1.82, 2.24) is 4.72 Å². The van der Waals surface area contributed by atoms with E-state index in [-0.39, 0.29) is 11.4 Å². The predicted octanol–water partition coefficient (Wildman–Crippen LogP) is 4.35. The Balaban J connectivity index is 1.78. The van der Waals surface area contributed by atoms with Crippen molar-refractivity contribution < 1.29 is 22.0 Å². The number of hydrogen-bond donors (Lipinski definition) is 2. The number of carbonyl (C=O) groups is 1. The van der Waals surface area contributed by atoms with E-state index in [1.165, 1.54) is 36.4 Å². The average molecular weight is 437 g/mol. The molecular formula is C20H15ClF2N2O3S. The topological polar surface area (TPSA) is 75.3 Å². The minimum Gasteiger partial charge on any atom is -0.322 e. The number of anilines is 1. The van der Waals surface area contributed by atoms with Crippen molar-refractivity contribution in [2.45, 2.75) is 11.4 Å². The summed E-state index contributed by atoms with van der Waals surface area (Å²) in [5, 5.41) is 2.95. The van der Waals surface area contributed by atoms with Crippen LogP contribution >= 0.6 is 11.6 Å². The summed E-state index contributed by atoms with van der Waals surface area (Å²) in [5.74, 6) is -2.11. The minimum absolute atomic E-state index is 0.0910. The van der Waals surface area contributed by atoms with E-state index in [4.69, 9.17) is 11.6 Å². The fourth-order valence-electron chi connectivity index (χ4n) is 2.44. The molecule has 29 heavy (non-hydrogen) atoms. The zero-order valence-electron chi connectivity index (χ0n) is 14.8. The van der Waals surface area contributed by atoms with Crippen LogP contribution in [0.2, 0.25) is 5.02 Å². The highest BCUT2D eigenvalue weighted by Crippen LogP contribution is 2.19. The molecule has 0 heterocycles. The Hall–Kier alpha value is -2.81. The standard InChI is InChI=1S/C20H15ClF2N2O3S/c21-14-3-7-16(8-4-14)25-20(26)18-11-17(9-10-19(18)23)29(27,28)24-12-13-1-5-15(22)6-2-13/h1-11,24H,12H2,(H,25,26). The summed E-state index contributed by atoms with van der Waals surface area (Å²) in [6, 6.07) is 14.4. The van der Waals surface area contributed by atoms with E-state index >= 15 is 0 Å². The number of carbonyl (C=O) groups excluding carboxylic acids is 1.